The molecule has 0 spiro atoms. The molecule has 0 atom stereocenters. The summed E-state index contributed by atoms with van der Waals surface area (Å²) in [6.07, 6.45) is 0. The summed E-state index contributed by atoms with van der Waals surface area (Å²) in [6, 6.07) is 0. The molecule has 0 aliphatic rings. The van der Waals surface area contributed by atoms with E-state index < -0.39 is 5.97 Å². The maximum absolute atomic E-state index is 11.6. The number of rotatable bonds is 3. The number of nitrogens with one attached hydrogen (secondary N) is 1. The van der Waals surface area contributed by atoms with E-state index in [0.717, 1.165) is 0 Å². The monoisotopic (exact) mass is 350 g/mol. The van der Waals surface area contributed by atoms with Gasteiger partial charge in [-0.3, -0.25) is 0 Å². The molecule has 0 fully saturated rings. The second-order valence-electron chi connectivity index (χ2n) is 4.54. The highest BCUT2D eigenvalue weighted by Gasteiger charge is 2.17. The van der Waals surface area contributed by atoms with Crippen molar-refractivity contribution in [2.24, 2.45) is 10.7 Å². The van der Waals surface area contributed by atoms with Gasteiger partial charge in [0.2, 0.25) is 0 Å². The molecule has 0 saturated carbocycles. The van der Waals surface area contributed by atoms with Gasteiger partial charge in [-0.2, -0.15) is 0 Å². The lowest BCUT2D eigenvalue weighted by molar-refractivity contribution is 0.0533. The van der Waals surface area contributed by atoms with Crippen LogP contribution in [0.25, 0.3) is 0 Å². The van der Waals surface area contributed by atoms with Crippen molar-refractivity contribution >= 4 is 46.1 Å². The van der Waals surface area contributed by atoms with Gasteiger partial charge in [-0.1, -0.05) is 0 Å². The summed E-state index contributed by atoms with van der Waals surface area (Å²) in [5, 5.41) is 2.81. The number of anilines is 1. The Bertz CT molecular complexity index is 454. The average Bonchev–Trinajstić information content (AvgIpc) is 2.62. The van der Waals surface area contributed by atoms with Crippen LogP contribution >= 0.6 is 28.3 Å². The number of thiazole rings is 1. The molecule has 8 heteroatoms. The third-order valence-corrected chi connectivity index (χ3v) is 2.54. The average molecular weight is 351 g/mol. The minimum absolute atomic E-state index is 0. The highest BCUT2D eigenvalue weighted by Crippen LogP contribution is 2.19. The second-order valence-corrected chi connectivity index (χ2v) is 5.40. The first-order chi connectivity index (χ1) is 8.33. The fourth-order valence-corrected chi connectivity index (χ4v) is 1.82. The number of carbonyl (C=O) groups is 1. The first kappa shape index (κ1) is 17.8. The number of halogens is 1. The van der Waals surface area contributed by atoms with Crippen LogP contribution in [0.5, 0.6) is 0 Å². The molecule has 0 aliphatic carbocycles. The van der Waals surface area contributed by atoms with Gasteiger partial charge in [0, 0.05) is 0 Å². The van der Waals surface area contributed by atoms with E-state index in [-0.39, 0.29) is 28.5 Å². The largest absolute Gasteiger partial charge is 0.462 e. The summed E-state index contributed by atoms with van der Waals surface area (Å²) in [4.78, 5) is 20.3. The second kappa shape index (κ2) is 7.44. The van der Waals surface area contributed by atoms with Crippen LogP contribution in [-0.2, 0) is 4.74 Å². The molecular formula is C11H19BrN4O2S. The summed E-state index contributed by atoms with van der Waals surface area (Å²) < 4.78 is 4.92. The van der Waals surface area contributed by atoms with Crippen LogP contribution in [-0.4, -0.2) is 29.1 Å². The number of nitrogens with two attached hydrogens (primary N) is 1. The van der Waals surface area contributed by atoms with E-state index in [4.69, 9.17) is 10.5 Å². The molecule has 0 aromatic carbocycles. The van der Waals surface area contributed by atoms with Gasteiger partial charge in [0.05, 0.1) is 17.7 Å². The quantitative estimate of drug-likeness (QED) is 0.496. The molecule has 19 heavy (non-hydrogen) atoms. The fraction of sp³-hybridized carbons (Fsp3) is 0.545. The number of carbonyl (C=O) groups excluding carboxylic acids is 1. The SMILES string of the molecule is Br.CCOC(=O)c1scnc1NC(N)=NC(C)(C)C. The lowest BCUT2D eigenvalue weighted by Gasteiger charge is -2.14. The lowest BCUT2D eigenvalue weighted by atomic mass is 10.1. The summed E-state index contributed by atoms with van der Waals surface area (Å²) in [5.74, 6) is 0.189. The molecule has 0 radical (unpaired) electrons. The molecule has 108 valence electrons. The van der Waals surface area contributed by atoms with Crippen molar-refractivity contribution < 1.29 is 9.53 Å². The summed E-state index contributed by atoms with van der Waals surface area (Å²) in [5.41, 5.74) is 7.01. The van der Waals surface area contributed by atoms with Crippen molar-refractivity contribution in [3.05, 3.63) is 10.4 Å². The van der Waals surface area contributed by atoms with Crippen molar-refractivity contribution in [2.45, 2.75) is 33.2 Å². The Morgan fingerprint density at radius 1 is 1.58 bits per heavy atom. The lowest BCUT2D eigenvalue weighted by Crippen LogP contribution is -2.28. The summed E-state index contributed by atoms with van der Waals surface area (Å²) in [6.45, 7) is 7.85. The number of esters is 1. The number of hydrogen-bond donors (Lipinski definition) is 2. The molecule has 1 aromatic heterocycles. The minimum Gasteiger partial charge on any atom is -0.462 e. The van der Waals surface area contributed by atoms with Crippen molar-refractivity contribution in [3.8, 4) is 0 Å². The Hall–Kier alpha value is -1.15. The highest BCUT2D eigenvalue weighted by atomic mass is 79.9. The van der Waals surface area contributed by atoms with Crippen molar-refractivity contribution in [1.82, 2.24) is 4.98 Å². The van der Waals surface area contributed by atoms with Crippen LogP contribution in [0.15, 0.2) is 10.5 Å². The minimum atomic E-state index is -0.411. The third kappa shape index (κ3) is 6.02. The standard InChI is InChI=1S/C11H18N4O2S.BrH/c1-5-17-9(16)7-8(13-6-18-7)14-10(12)15-11(2,3)4;/h6H,5H2,1-4H3,(H3,12,14,15);1H. The Morgan fingerprint density at radius 2 is 2.21 bits per heavy atom. The smallest absolute Gasteiger partial charge is 0.352 e. The molecule has 0 amide bonds. The summed E-state index contributed by atoms with van der Waals surface area (Å²) >= 11 is 1.20. The zero-order valence-electron chi connectivity index (χ0n) is 11.4. The first-order valence-corrected chi connectivity index (χ1v) is 6.44. The number of hydrogen-bond acceptors (Lipinski definition) is 5. The predicted octanol–water partition coefficient (Wildman–Crippen LogP) is 2.42. The van der Waals surface area contributed by atoms with Gasteiger partial charge in [0.15, 0.2) is 16.7 Å². The van der Waals surface area contributed by atoms with Gasteiger partial charge < -0.3 is 15.8 Å². The first-order valence-electron chi connectivity index (χ1n) is 5.56. The maximum Gasteiger partial charge on any atom is 0.352 e. The van der Waals surface area contributed by atoms with Crippen LogP contribution in [0.2, 0.25) is 0 Å². The van der Waals surface area contributed by atoms with Crippen molar-refractivity contribution in [2.75, 3.05) is 11.9 Å². The topological polar surface area (TPSA) is 89.6 Å². The Morgan fingerprint density at radius 3 is 2.74 bits per heavy atom. The van der Waals surface area contributed by atoms with Crippen LogP contribution in [0.3, 0.4) is 0 Å². The number of aliphatic imine (C=N–C) groups is 1. The van der Waals surface area contributed by atoms with E-state index in [1.54, 1.807) is 12.4 Å². The zero-order chi connectivity index (χ0) is 13.8. The molecule has 6 nitrogen and oxygen atoms in total. The van der Waals surface area contributed by atoms with Crippen LogP contribution < -0.4 is 11.1 Å². The molecule has 0 saturated heterocycles. The Labute approximate surface area is 127 Å². The number of guanidine groups is 1. The number of nitrogens with zero attached hydrogens (tertiary/aromatic N) is 2. The molecule has 1 heterocycles. The van der Waals surface area contributed by atoms with Gasteiger partial charge in [-0.25, -0.2) is 14.8 Å². The molecule has 0 bridgehead atoms. The molecule has 0 unspecified atom stereocenters. The Balaban J connectivity index is 0.00000324. The number of ether oxygens (including phenoxy) is 1. The third-order valence-electron chi connectivity index (χ3n) is 1.73. The van der Waals surface area contributed by atoms with Gasteiger partial charge in [-0.15, -0.1) is 28.3 Å². The van der Waals surface area contributed by atoms with Crippen molar-refractivity contribution in [1.29, 1.82) is 0 Å². The van der Waals surface area contributed by atoms with Crippen LogP contribution in [0.1, 0.15) is 37.4 Å². The van der Waals surface area contributed by atoms with Gasteiger partial charge >= 0.3 is 5.97 Å². The number of aromatic nitrogens is 1. The maximum atomic E-state index is 11.6. The van der Waals surface area contributed by atoms with E-state index in [1.807, 2.05) is 20.8 Å². The van der Waals surface area contributed by atoms with Crippen LogP contribution in [0, 0.1) is 0 Å². The van der Waals surface area contributed by atoms with E-state index in [1.165, 1.54) is 11.3 Å². The van der Waals surface area contributed by atoms with E-state index in [2.05, 4.69) is 15.3 Å². The molecule has 3 N–H and O–H groups in total. The highest BCUT2D eigenvalue weighted by molar-refractivity contribution is 8.93. The van der Waals surface area contributed by atoms with E-state index in [9.17, 15) is 4.79 Å². The fourth-order valence-electron chi connectivity index (χ4n) is 1.19. The molecular weight excluding hydrogens is 332 g/mol. The van der Waals surface area contributed by atoms with Crippen LogP contribution in [0.4, 0.5) is 5.82 Å². The zero-order valence-corrected chi connectivity index (χ0v) is 13.9. The van der Waals surface area contributed by atoms with Gasteiger partial charge in [0.1, 0.15) is 0 Å². The van der Waals surface area contributed by atoms with Crippen molar-refractivity contribution in [3.63, 3.8) is 0 Å². The van der Waals surface area contributed by atoms with E-state index in [0.29, 0.717) is 17.3 Å². The normalized spacial score (nSPS) is 11.7. The van der Waals surface area contributed by atoms with Gasteiger partial charge in [0.25, 0.3) is 0 Å². The molecule has 0 aliphatic heterocycles. The summed E-state index contributed by atoms with van der Waals surface area (Å²) in [7, 11) is 0. The predicted molar refractivity (Wildman–Crippen MR) is 83.4 cm³/mol. The Kier molecular flexibility index (Phi) is 6.99. The molecule has 1 rings (SSSR count). The van der Waals surface area contributed by atoms with Gasteiger partial charge in [-0.05, 0) is 27.7 Å². The molecule has 1 aromatic rings. The van der Waals surface area contributed by atoms with E-state index >= 15 is 0 Å².